The number of hydrogen-bond acceptors (Lipinski definition) is 5. The molecule has 0 spiro atoms. The van der Waals surface area contributed by atoms with Gasteiger partial charge in [0.2, 0.25) is 0 Å². The second kappa shape index (κ2) is 12.1. The molecule has 3 N–H and O–H groups in total. The summed E-state index contributed by atoms with van der Waals surface area (Å²) in [5.41, 5.74) is 10.9. The number of nitrogens with zero attached hydrogens (tertiary/aromatic N) is 3. The van der Waals surface area contributed by atoms with Gasteiger partial charge < -0.3 is 25.3 Å². The number of fused-ring (bicyclic) bond motifs is 1. The molecule has 0 saturated carbocycles. The molecular weight excluding hydrogens is 607 g/mol. The number of pyridine rings is 1. The van der Waals surface area contributed by atoms with Gasteiger partial charge in [0.05, 0.1) is 6.54 Å². The minimum Gasteiger partial charge on any atom is -0.459 e. The van der Waals surface area contributed by atoms with Crippen molar-refractivity contribution in [2.24, 2.45) is 0 Å². The van der Waals surface area contributed by atoms with Crippen LogP contribution in [0.15, 0.2) is 89.5 Å². The van der Waals surface area contributed by atoms with E-state index in [1.807, 2.05) is 36.4 Å². The Balaban J connectivity index is 1.09. The molecule has 7 rings (SSSR count). The number of aromatic nitrogens is 1. The van der Waals surface area contributed by atoms with Crippen molar-refractivity contribution >= 4 is 28.7 Å². The molecule has 3 amide bonds. The number of nitrogens with two attached hydrogens (primary N) is 1. The lowest BCUT2D eigenvalue weighted by atomic mass is 9.93. The molecule has 240 valence electrons. The highest BCUT2D eigenvalue weighted by molar-refractivity contribution is 5.98. The first-order valence-electron chi connectivity index (χ1n) is 15.5. The van der Waals surface area contributed by atoms with E-state index in [2.05, 4.69) is 10.3 Å². The number of urea groups is 1. The number of nitrogen functional groups attached to an aromatic ring is 1. The molecule has 2 aromatic heterocycles. The van der Waals surface area contributed by atoms with E-state index < -0.39 is 5.92 Å². The van der Waals surface area contributed by atoms with E-state index in [-0.39, 0.29) is 56.1 Å². The van der Waals surface area contributed by atoms with Crippen molar-refractivity contribution in [1.82, 2.24) is 20.1 Å². The summed E-state index contributed by atoms with van der Waals surface area (Å²) in [6.07, 6.45) is 1.08. The summed E-state index contributed by atoms with van der Waals surface area (Å²) in [6, 6.07) is 22.4. The van der Waals surface area contributed by atoms with Crippen molar-refractivity contribution in [3.8, 4) is 22.3 Å². The maximum absolute atomic E-state index is 13.8. The first-order valence-corrected chi connectivity index (χ1v) is 15.5. The molecule has 0 aliphatic carbocycles. The Hall–Kier alpha value is -5.32. The highest BCUT2D eigenvalue weighted by Gasteiger charge is 2.36. The van der Waals surface area contributed by atoms with Crippen LogP contribution < -0.4 is 11.1 Å². The maximum atomic E-state index is 13.8. The number of likely N-dealkylation sites (tertiary alicyclic amines) is 2. The molecule has 5 aromatic rings. The fraction of sp³-hybridized carbons (Fsp3) is 0.250. The van der Waals surface area contributed by atoms with E-state index in [1.54, 1.807) is 41.4 Å². The smallest absolute Gasteiger partial charge is 0.317 e. The van der Waals surface area contributed by atoms with Crippen LogP contribution in [-0.2, 0) is 6.54 Å². The Bertz CT molecular complexity index is 1930. The molecule has 0 atom stereocenters. The summed E-state index contributed by atoms with van der Waals surface area (Å²) in [5.74, 6) is -2.13. The quantitative estimate of drug-likeness (QED) is 0.207. The Kier molecular flexibility index (Phi) is 7.83. The number of anilines is 1. The average Bonchev–Trinajstić information content (AvgIpc) is 3.47. The Morgan fingerprint density at radius 3 is 2.28 bits per heavy atom. The van der Waals surface area contributed by atoms with Crippen LogP contribution >= 0.6 is 0 Å². The highest BCUT2D eigenvalue weighted by atomic mass is 19.3. The molecule has 4 heterocycles. The van der Waals surface area contributed by atoms with Gasteiger partial charge in [-0.05, 0) is 70.8 Å². The SMILES string of the molecule is Nc1ccc(C2CN(C(=O)NCc3cc4cc(-c5ccc(C(=O)N6CCC(F)(F)CC6)cc5)cc(-c5ccc(F)cc5)c4o3)C2)cn1. The van der Waals surface area contributed by atoms with Gasteiger partial charge in [-0.1, -0.05) is 30.3 Å². The minimum absolute atomic E-state index is 0.0223. The van der Waals surface area contributed by atoms with Crippen LogP contribution in [0.4, 0.5) is 23.8 Å². The van der Waals surface area contributed by atoms with Crippen LogP contribution in [0, 0.1) is 5.82 Å². The monoisotopic (exact) mass is 639 g/mol. The van der Waals surface area contributed by atoms with Gasteiger partial charge in [-0.3, -0.25) is 4.79 Å². The lowest BCUT2D eigenvalue weighted by Gasteiger charge is -2.39. The maximum Gasteiger partial charge on any atom is 0.317 e. The van der Waals surface area contributed by atoms with Crippen molar-refractivity contribution in [3.63, 3.8) is 0 Å². The Morgan fingerprint density at radius 1 is 0.894 bits per heavy atom. The van der Waals surface area contributed by atoms with Crippen molar-refractivity contribution in [2.75, 3.05) is 31.9 Å². The first-order chi connectivity index (χ1) is 22.6. The number of furan rings is 1. The first kappa shape index (κ1) is 30.3. The van der Waals surface area contributed by atoms with E-state index in [4.69, 9.17) is 10.2 Å². The number of carbonyl (C=O) groups is 2. The zero-order valence-electron chi connectivity index (χ0n) is 25.4. The molecule has 0 unspecified atom stereocenters. The molecule has 11 heteroatoms. The molecule has 2 aliphatic rings. The second-order valence-electron chi connectivity index (χ2n) is 12.2. The van der Waals surface area contributed by atoms with Crippen LogP contribution in [0.5, 0.6) is 0 Å². The number of alkyl halides is 2. The number of benzene rings is 3. The van der Waals surface area contributed by atoms with Gasteiger partial charge in [0.25, 0.3) is 11.8 Å². The number of carbonyl (C=O) groups excluding carboxylic acids is 2. The predicted molar refractivity (Wildman–Crippen MR) is 172 cm³/mol. The van der Waals surface area contributed by atoms with E-state index in [0.29, 0.717) is 35.8 Å². The fourth-order valence-corrected chi connectivity index (χ4v) is 6.12. The molecule has 3 aromatic carbocycles. The normalized spacial score (nSPS) is 16.2. The molecule has 8 nitrogen and oxygen atoms in total. The Morgan fingerprint density at radius 2 is 1.60 bits per heavy atom. The summed E-state index contributed by atoms with van der Waals surface area (Å²) < 4.78 is 47.2. The summed E-state index contributed by atoms with van der Waals surface area (Å²) >= 11 is 0. The van der Waals surface area contributed by atoms with Crippen molar-refractivity contribution in [1.29, 1.82) is 0 Å². The molecule has 47 heavy (non-hydrogen) atoms. The summed E-state index contributed by atoms with van der Waals surface area (Å²) in [6.45, 7) is 1.38. The van der Waals surface area contributed by atoms with Gasteiger partial charge in [0, 0.05) is 67.6 Å². The Labute approximate surface area is 269 Å². The summed E-state index contributed by atoms with van der Waals surface area (Å²) in [4.78, 5) is 33.1. The average molecular weight is 640 g/mol. The van der Waals surface area contributed by atoms with Crippen LogP contribution in [0.3, 0.4) is 0 Å². The number of rotatable bonds is 6. The second-order valence-corrected chi connectivity index (χ2v) is 12.2. The van der Waals surface area contributed by atoms with E-state index in [0.717, 1.165) is 33.2 Å². The van der Waals surface area contributed by atoms with Crippen LogP contribution in [-0.4, -0.2) is 58.8 Å². The number of hydrogen-bond donors (Lipinski definition) is 2. The molecule has 2 fully saturated rings. The van der Waals surface area contributed by atoms with Crippen LogP contribution in [0.25, 0.3) is 33.2 Å². The van der Waals surface area contributed by atoms with Gasteiger partial charge in [0.1, 0.15) is 23.0 Å². The van der Waals surface area contributed by atoms with Crippen molar-refractivity contribution in [2.45, 2.75) is 31.2 Å². The molecule has 0 bridgehead atoms. The van der Waals surface area contributed by atoms with Gasteiger partial charge in [0.15, 0.2) is 0 Å². The number of nitrogens with one attached hydrogen (secondary N) is 1. The molecule has 0 radical (unpaired) electrons. The van der Waals surface area contributed by atoms with Crippen molar-refractivity contribution in [3.05, 3.63) is 108 Å². The van der Waals surface area contributed by atoms with Crippen LogP contribution in [0.1, 0.15) is 40.4 Å². The molecule has 2 saturated heterocycles. The van der Waals surface area contributed by atoms with E-state index in [1.165, 1.54) is 17.0 Å². The third-order valence-corrected chi connectivity index (χ3v) is 8.93. The lowest BCUT2D eigenvalue weighted by molar-refractivity contribution is -0.0494. The number of amides is 3. The minimum atomic E-state index is -2.73. The topological polar surface area (TPSA) is 105 Å². The van der Waals surface area contributed by atoms with E-state index in [9.17, 15) is 22.8 Å². The number of piperidine rings is 1. The zero-order valence-corrected chi connectivity index (χ0v) is 25.4. The van der Waals surface area contributed by atoms with E-state index >= 15 is 0 Å². The number of halogens is 3. The molecule has 2 aliphatic heterocycles. The highest BCUT2D eigenvalue weighted by Crippen LogP contribution is 2.37. The van der Waals surface area contributed by atoms with Gasteiger partial charge >= 0.3 is 6.03 Å². The fourth-order valence-electron chi connectivity index (χ4n) is 6.12. The summed E-state index contributed by atoms with van der Waals surface area (Å²) in [5, 5.41) is 3.73. The molecular formula is C36H32F3N5O3. The third-order valence-electron chi connectivity index (χ3n) is 8.93. The van der Waals surface area contributed by atoms with Gasteiger partial charge in [-0.2, -0.15) is 0 Å². The summed E-state index contributed by atoms with van der Waals surface area (Å²) in [7, 11) is 0. The van der Waals surface area contributed by atoms with Crippen molar-refractivity contribution < 1.29 is 27.2 Å². The lowest BCUT2D eigenvalue weighted by Crippen LogP contribution is -2.52. The zero-order chi connectivity index (χ0) is 32.7. The largest absolute Gasteiger partial charge is 0.459 e. The van der Waals surface area contributed by atoms with Gasteiger partial charge in [-0.15, -0.1) is 0 Å². The third kappa shape index (κ3) is 6.38. The predicted octanol–water partition coefficient (Wildman–Crippen LogP) is 7.06. The van der Waals surface area contributed by atoms with Crippen LogP contribution in [0.2, 0.25) is 0 Å². The van der Waals surface area contributed by atoms with Gasteiger partial charge in [-0.25, -0.2) is 22.9 Å². The standard InChI is InChI=1S/C36H32F3N5O3/c37-29-8-5-23(6-9-29)31-17-26(22-1-3-24(4-2-22)34(45)43-13-11-36(38,39)12-14-43)15-27-16-30(47-33(27)31)19-42-35(46)44-20-28(21-44)25-7-10-32(40)41-18-25/h1-10,15-18,28H,11-14,19-21H2,(H2,40,41)(H,42,46).